The maximum absolute atomic E-state index is 12.8. The molecule has 1 aromatic carbocycles. The molecular formula is C13H15FN4. The molecule has 5 heteroatoms. The van der Waals surface area contributed by atoms with E-state index in [0.717, 1.165) is 24.1 Å². The van der Waals surface area contributed by atoms with Crippen LogP contribution in [0.25, 0.3) is 11.1 Å². The van der Waals surface area contributed by atoms with Crippen molar-refractivity contribution in [2.75, 3.05) is 18.4 Å². The van der Waals surface area contributed by atoms with Crippen LogP contribution in [0.1, 0.15) is 6.42 Å². The van der Waals surface area contributed by atoms with Gasteiger partial charge in [-0.05, 0) is 30.7 Å². The molecule has 0 spiro atoms. The van der Waals surface area contributed by atoms with Crippen molar-refractivity contribution >= 4 is 5.95 Å². The lowest BCUT2D eigenvalue weighted by Crippen LogP contribution is -2.10. The molecular weight excluding hydrogens is 231 g/mol. The molecule has 0 fully saturated rings. The molecule has 0 atom stereocenters. The molecule has 1 heterocycles. The highest BCUT2D eigenvalue weighted by Crippen LogP contribution is 2.18. The minimum atomic E-state index is -0.250. The summed E-state index contributed by atoms with van der Waals surface area (Å²) in [5.41, 5.74) is 7.15. The Labute approximate surface area is 105 Å². The van der Waals surface area contributed by atoms with E-state index in [1.807, 2.05) is 0 Å². The Morgan fingerprint density at radius 2 is 1.72 bits per heavy atom. The average Bonchev–Trinajstić information content (AvgIpc) is 2.41. The molecule has 3 N–H and O–H groups in total. The zero-order valence-electron chi connectivity index (χ0n) is 9.94. The number of nitrogens with one attached hydrogen (secondary N) is 1. The van der Waals surface area contributed by atoms with Gasteiger partial charge in [-0.25, -0.2) is 14.4 Å². The third-order valence-corrected chi connectivity index (χ3v) is 2.49. The number of hydrogen-bond acceptors (Lipinski definition) is 4. The van der Waals surface area contributed by atoms with Gasteiger partial charge in [-0.3, -0.25) is 0 Å². The molecule has 0 amide bonds. The van der Waals surface area contributed by atoms with E-state index in [2.05, 4.69) is 15.3 Å². The predicted molar refractivity (Wildman–Crippen MR) is 69.6 cm³/mol. The fourth-order valence-corrected chi connectivity index (χ4v) is 1.51. The van der Waals surface area contributed by atoms with Gasteiger partial charge < -0.3 is 11.1 Å². The first-order valence-electron chi connectivity index (χ1n) is 5.81. The van der Waals surface area contributed by atoms with Crippen molar-refractivity contribution in [3.8, 4) is 11.1 Å². The lowest BCUT2D eigenvalue weighted by molar-refractivity contribution is 0.628. The Balaban J connectivity index is 2.05. The Morgan fingerprint density at radius 3 is 2.33 bits per heavy atom. The van der Waals surface area contributed by atoms with Gasteiger partial charge in [0.15, 0.2) is 0 Å². The van der Waals surface area contributed by atoms with Crippen molar-refractivity contribution in [2.24, 2.45) is 5.73 Å². The van der Waals surface area contributed by atoms with Gasteiger partial charge in [-0.15, -0.1) is 0 Å². The fraction of sp³-hybridized carbons (Fsp3) is 0.231. The van der Waals surface area contributed by atoms with Crippen LogP contribution in [0.3, 0.4) is 0 Å². The number of nitrogens with two attached hydrogens (primary N) is 1. The summed E-state index contributed by atoms with van der Waals surface area (Å²) in [6.07, 6.45) is 4.30. The van der Waals surface area contributed by atoms with E-state index >= 15 is 0 Å². The number of anilines is 1. The normalized spacial score (nSPS) is 10.3. The second-order valence-corrected chi connectivity index (χ2v) is 3.87. The van der Waals surface area contributed by atoms with Gasteiger partial charge in [0.2, 0.25) is 5.95 Å². The number of aromatic nitrogens is 2. The van der Waals surface area contributed by atoms with Crippen molar-refractivity contribution in [2.45, 2.75) is 6.42 Å². The largest absolute Gasteiger partial charge is 0.354 e. The second kappa shape index (κ2) is 6.07. The molecule has 2 aromatic rings. The van der Waals surface area contributed by atoms with Gasteiger partial charge in [0.25, 0.3) is 0 Å². The maximum atomic E-state index is 12.8. The molecule has 0 radical (unpaired) electrons. The number of nitrogens with zero attached hydrogens (tertiary/aromatic N) is 2. The quantitative estimate of drug-likeness (QED) is 0.792. The van der Waals surface area contributed by atoms with Gasteiger partial charge in [0, 0.05) is 24.5 Å². The van der Waals surface area contributed by atoms with Crippen LogP contribution in [0.2, 0.25) is 0 Å². The molecule has 2 rings (SSSR count). The summed E-state index contributed by atoms with van der Waals surface area (Å²) in [6, 6.07) is 6.25. The zero-order valence-corrected chi connectivity index (χ0v) is 9.94. The van der Waals surface area contributed by atoms with Crippen LogP contribution < -0.4 is 11.1 Å². The summed E-state index contributed by atoms with van der Waals surface area (Å²) in [6.45, 7) is 1.40. The molecule has 0 saturated carbocycles. The Hall–Kier alpha value is -2.01. The van der Waals surface area contributed by atoms with Gasteiger partial charge >= 0.3 is 0 Å². The van der Waals surface area contributed by atoms with Crippen molar-refractivity contribution in [1.82, 2.24) is 9.97 Å². The third-order valence-electron chi connectivity index (χ3n) is 2.49. The van der Waals surface area contributed by atoms with Crippen molar-refractivity contribution in [1.29, 1.82) is 0 Å². The van der Waals surface area contributed by atoms with Crippen molar-refractivity contribution in [3.05, 3.63) is 42.5 Å². The van der Waals surface area contributed by atoms with E-state index in [1.165, 1.54) is 12.1 Å². The summed E-state index contributed by atoms with van der Waals surface area (Å²) < 4.78 is 12.8. The number of benzene rings is 1. The predicted octanol–water partition coefficient (Wildman–Crippen LogP) is 2.04. The lowest BCUT2D eigenvalue weighted by Gasteiger charge is -2.05. The number of rotatable bonds is 5. The highest BCUT2D eigenvalue weighted by Gasteiger charge is 2.00. The maximum Gasteiger partial charge on any atom is 0.222 e. The summed E-state index contributed by atoms with van der Waals surface area (Å²) in [4.78, 5) is 8.39. The molecule has 94 valence electrons. The monoisotopic (exact) mass is 246 g/mol. The Bertz CT molecular complexity index is 481. The molecule has 1 aromatic heterocycles. The lowest BCUT2D eigenvalue weighted by atomic mass is 10.1. The van der Waals surface area contributed by atoms with Crippen molar-refractivity contribution < 1.29 is 4.39 Å². The van der Waals surface area contributed by atoms with Crippen LogP contribution in [0.4, 0.5) is 10.3 Å². The average molecular weight is 246 g/mol. The van der Waals surface area contributed by atoms with Crippen LogP contribution >= 0.6 is 0 Å². The van der Waals surface area contributed by atoms with Crippen molar-refractivity contribution in [3.63, 3.8) is 0 Å². The smallest absolute Gasteiger partial charge is 0.222 e. The first kappa shape index (κ1) is 12.4. The van der Waals surface area contributed by atoms with Crippen LogP contribution in [0.5, 0.6) is 0 Å². The summed E-state index contributed by atoms with van der Waals surface area (Å²) in [7, 11) is 0. The first-order valence-corrected chi connectivity index (χ1v) is 5.81. The van der Waals surface area contributed by atoms with Crippen LogP contribution in [-0.4, -0.2) is 23.1 Å². The highest BCUT2D eigenvalue weighted by atomic mass is 19.1. The van der Waals surface area contributed by atoms with Gasteiger partial charge in [0.05, 0.1) is 0 Å². The standard InChI is InChI=1S/C13H15FN4/c14-12-4-2-10(3-5-12)11-8-17-13(18-9-11)16-7-1-6-15/h2-5,8-9H,1,6-7,15H2,(H,16,17,18). The Morgan fingerprint density at radius 1 is 1.06 bits per heavy atom. The molecule has 0 unspecified atom stereocenters. The molecule has 0 bridgehead atoms. The summed E-state index contributed by atoms with van der Waals surface area (Å²) >= 11 is 0. The highest BCUT2D eigenvalue weighted by molar-refractivity contribution is 5.61. The van der Waals surface area contributed by atoms with Gasteiger partial charge in [0.1, 0.15) is 5.82 Å². The van der Waals surface area contributed by atoms with E-state index in [9.17, 15) is 4.39 Å². The Kier molecular flexibility index (Phi) is 4.20. The number of hydrogen-bond donors (Lipinski definition) is 2. The van der Waals surface area contributed by atoms with E-state index in [-0.39, 0.29) is 5.82 Å². The van der Waals surface area contributed by atoms with Gasteiger partial charge in [-0.1, -0.05) is 12.1 Å². The minimum absolute atomic E-state index is 0.250. The molecule has 0 aliphatic carbocycles. The van der Waals surface area contributed by atoms with E-state index in [4.69, 9.17) is 5.73 Å². The second-order valence-electron chi connectivity index (χ2n) is 3.87. The zero-order chi connectivity index (χ0) is 12.8. The first-order chi connectivity index (χ1) is 8.79. The van der Waals surface area contributed by atoms with Gasteiger partial charge in [-0.2, -0.15) is 0 Å². The van der Waals surface area contributed by atoms with E-state index in [1.54, 1.807) is 24.5 Å². The van der Waals surface area contributed by atoms with Crippen LogP contribution in [-0.2, 0) is 0 Å². The molecule has 0 saturated heterocycles. The van der Waals surface area contributed by atoms with E-state index in [0.29, 0.717) is 12.5 Å². The van der Waals surface area contributed by atoms with Crippen LogP contribution in [0.15, 0.2) is 36.7 Å². The molecule has 0 aliphatic heterocycles. The summed E-state index contributed by atoms with van der Waals surface area (Å²) in [5, 5.41) is 3.07. The topological polar surface area (TPSA) is 63.8 Å². The molecule has 18 heavy (non-hydrogen) atoms. The third kappa shape index (κ3) is 3.24. The SMILES string of the molecule is NCCCNc1ncc(-c2ccc(F)cc2)cn1. The minimum Gasteiger partial charge on any atom is -0.354 e. The van der Waals surface area contributed by atoms with E-state index < -0.39 is 0 Å². The fourth-order valence-electron chi connectivity index (χ4n) is 1.51. The molecule has 4 nitrogen and oxygen atoms in total. The summed E-state index contributed by atoms with van der Waals surface area (Å²) in [5.74, 6) is 0.328. The molecule has 0 aliphatic rings. The van der Waals surface area contributed by atoms with Crippen LogP contribution in [0, 0.1) is 5.82 Å². The number of halogens is 1.